The van der Waals surface area contributed by atoms with Crippen molar-refractivity contribution in [3.05, 3.63) is 83.6 Å². The van der Waals surface area contributed by atoms with E-state index in [1.165, 1.54) is 0 Å². The molecule has 0 radical (unpaired) electrons. The zero-order chi connectivity index (χ0) is 19.0. The number of carboxylic acid groups (broad SMARTS) is 1. The van der Waals surface area contributed by atoms with E-state index in [9.17, 15) is 9.90 Å². The summed E-state index contributed by atoms with van der Waals surface area (Å²) in [5, 5.41) is 16.0. The molecule has 0 heterocycles. The first-order valence-electron chi connectivity index (χ1n) is 8.65. The minimum absolute atomic E-state index is 0.174. The molecule has 0 aliphatic carbocycles. The summed E-state index contributed by atoms with van der Waals surface area (Å²) >= 11 is 0. The molecule has 2 rings (SSSR count). The molecule has 0 atom stereocenters. The topological polar surface area (TPSA) is 61.4 Å². The van der Waals surface area contributed by atoms with Crippen LogP contribution in [0.5, 0.6) is 0 Å². The maximum Gasteiger partial charge on any atom is 0.351 e. The summed E-state index contributed by atoms with van der Waals surface area (Å²) in [6.07, 6.45) is 3.67. The smallest absolute Gasteiger partial charge is 0.351 e. The fourth-order valence-corrected chi connectivity index (χ4v) is 2.56. The first-order chi connectivity index (χ1) is 12.4. The fourth-order valence-electron chi connectivity index (χ4n) is 2.56. The Morgan fingerprint density at radius 1 is 1.04 bits per heavy atom. The van der Waals surface area contributed by atoms with Gasteiger partial charge in [-0.15, -0.1) is 0 Å². The van der Waals surface area contributed by atoms with Crippen LogP contribution in [-0.2, 0) is 4.79 Å². The minimum atomic E-state index is -0.973. The Morgan fingerprint density at radius 2 is 1.62 bits per heavy atom. The van der Waals surface area contributed by atoms with Crippen molar-refractivity contribution in [3.63, 3.8) is 0 Å². The van der Waals surface area contributed by atoms with Crippen molar-refractivity contribution in [1.82, 2.24) is 10.6 Å². The minimum Gasteiger partial charge on any atom is -0.477 e. The highest BCUT2D eigenvalue weighted by Gasteiger charge is 2.20. The summed E-state index contributed by atoms with van der Waals surface area (Å²) in [6.45, 7) is 6.52. The van der Waals surface area contributed by atoms with Gasteiger partial charge >= 0.3 is 5.97 Å². The lowest BCUT2D eigenvalue weighted by molar-refractivity contribution is -0.133. The molecule has 0 aromatic heterocycles. The molecular formula is C22H26N2O2. The van der Waals surface area contributed by atoms with Gasteiger partial charge in [-0.05, 0) is 38.0 Å². The number of aliphatic carboxylic acids is 1. The van der Waals surface area contributed by atoms with E-state index in [0.29, 0.717) is 6.54 Å². The van der Waals surface area contributed by atoms with E-state index in [4.69, 9.17) is 0 Å². The van der Waals surface area contributed by atoms with Crippen LogP contribution >= 0.6 is 0 Å². The fraction of sp³-hybridized carbons (Fsp3) is 0.227. The van der Waals surface area contributed by atoms with Crippen molar-refractivity contribution in [2.45, 2.75) is 26.3 Å². The monoisotopic (exact) mass is 350 g/mol. The number of benzene rings is 2. The maximum atomic E-state index is 11.6. The standard InChI is InChI=1S/C22H26N2O2/c1-4-19(18-13-9-6-10-14-18)24-22(2,3)16-23-20(21(25)26)15-17-11-7-5-8-12-17/h4-15,23-24H,16H2,1-3H3,(H,25,26)/b19-4-,20-15+. The summed E-state index contributed by atoms with van der Waals surface area (Å²) < 4.78 is 0. The molecule has 0 saturated heterocycles. The Kier molecular flexibility index (Phi) is 6.61. The van der Waals surface area contributed by atoms with E-state index >= 15 is 0 Å². The largest absolute Gasteiger partial charge is 0.477 e. The maximum absolute atomic E-state index is 11.6. The Labute approximate surface area is 155 Å². The average molecular weight is 350 g/mol. The lowest BCUT2D eigenvalue weighted by Crippen LogP contribution is -2.47. The first kappa shape index (κ1) is 19.3. The average Bonchev–Trinajstić information content (AvgIpc) is 2.64. The second-order valence-electron chi connectivity index (χ2n) is 6.70. The summed E-state index contributed by atoms with van der Waals surface area (Å²) in [5.74, 6) is -0.973. The molecule has 4 nitrogen and oxygen atoms in total. The van der Waals surface area contributed by atoms with Crippen LogP contribution in [0.3, 0.4) is 0 Å². The second-order valence-corrected chi connectivity index (χ2v) is 6.70. The van der Waals surface area contributed by atoms with Crippen LogP contribution in [0.4, 0.5) is 0 Å². The molecule has 3 N–H and O–H groups in total. The van der Waals surface area contributed by atoms with Crippen molar-refractivity contribution in [1.29, 1.82) is 0 Å². The highest BCUT2D eigenvalue weighted by molar-refractivity contribution is 5.91. The van der Waals surface area contributed by atoms with Crippen LogP contribution in [0.15, 0.2) is 72.4 Å². The highest BCUT2D eigenvalue weighted by atomic mass is 16.4. The van der Waals surface area contributed by atoms with E-state index in [0.717, 1.165) is 16.8 Å². The van der Waals surface area contributed by atoms with Crippen LogP contribution in [0.1, 0.15) is 31.9 Å². The molecular weight excluding hydrogens is 324 g/mol. The number of carbonyl (C=O) groups is 1. The third-order valence-corrected chi connectivity index (χ3v) is 3.91. The molecule has 26 heavy (non-hydrogen) atoms. The van der Waals surface area contributed by atoms with Crippen LogP contribution in [0.25, 0.3) is 11.8 Å². The third kappa shape index (κ3) is 5.81. The summed E-state index contributed by atoms with van der Waals surface area (Å²) in [4.78, 5) is 11.6. The van der Waals surface area contributed by atoms with Crippen molar-refractivity contribution < 1.29 is 9.90 Å². The summed E-state index contributed by atoms with van der Waals surface area (Å²) in [6, 6.07) is 19.5. The van der Waals surface area contributed by atoms with Crippen molar-refractivity contribution in [3.8, 4) is 0 Å². The van der Waals surface area contributed by atoms with E-state index < -0.39 is 5.97 Å². The number of hydrogen-bond acceptors (Lipinski definition) is 3. The normalized spacial score (nSPS) is 12.6. The molecule has 0 amide bonds. The van der Waals surface area contributed by atoms with E-state index in [-0.39, 0.29) is 11.2 Å². The van der Waals surface area contributed by atoms with E-state index in [1.54, 1.807) is 6.08 Å². The SMILES string of the molecule is C/C=C(\NC(C)(C)CN/C(=C/c1ccccc1)C(=O)O)c1ccccc1. The van der Waals surface area contributed by atoms with Gasteiger partial charge in [0.15, 0.2) is 0 Å². The first-order valence-corrected chi connectivity index (χ1v) is 8.65. The summed E-state index contributed by atoms with van der Waals surface area (Å²) in [5.41, 5.74) is 2.79. The molecule has 0 saturated carbocycles. The lowest BCUT2D eigenvalue weighted by Gasteiger charge is -2.30. The van der Waals surface area contributed by atoms with Gasteiger partial charge in [0.2, 0.25) is 0 Å². The molecule has 2 aromatic rings. The molecule has 0 bridgehead atoms. The number of nitrogens with one attached hydrogen (secondary N) is 2. The molecule has 0 spiro atoms. The molecule has 0 unspecified atom stereocenters. The van der Waals surface area contributed by atoms with Crippen LogP contribution in [-0.4, -0.2) is 23.2 Å². The van der Waals surface area contributed by atoms with Crippen molar-refractivity contribution >= 4 is 17.7 Å². The third-order valence-electron chi connectivity index (χ3n) is 3.91. The van der Waals surface area contributed by atoms with E-state index in [2.05, 4.69) is 10.6 Å². The predicted octanol–water partition coefficient (Wildman–Crippen LogP) is 4.13. The highest BCUT2D eigenvalue weighted by Crippen LogP contribution is 2.16. The van der Waals surface area contributed by atoms with Gasteiger partial charge in [-0.2, -0.15) is 0 Å². The van der Waals surface area contributed by atoms with Gasteiger partial charge in [0.1, 0.15) is 5.70 Å². The van der Waals surface area contributed by atoms with Gasteiger partial charge < -0.3 is 15.7 Å². The zero-order valence-corrected chi connectivity index (χ0v) is 15.5. The van der Waals surface area contributed by atoms with Gasteiger partial charge in [-0.1, -0.05) is 66.7 Å². The van der Waals surface area contributed by atoms with E-state index in [1.807, 2.05) is 87.5 Å². The Morgan fingerprint density at radius 3 is 2.15 bits per heavy atom. The molecule has 4 heteroatoms. The quantitative estimate of drug-likeness (QED) is 0.627. The zero-order valence-electron chi connectivity index (χ0n) is 15.5. The lowest BCUT2D eigenvalue weighted by atomic mass is 10.0. The molecule has 2 aromatic carbocycles. The number of rotatable bonds is 8. The van der Waals surface area contributed by atoms with Crippen molar-refractivity contribution in [2.24, 2.45) is 0 Å². The Hall–Kier alpha value is -3.01. The molecule has 0 aliphatic rings. The van der Waals surface area contributed by atoms with Crippen LogP contribution in [0, 0.1) is 0 Å². The number of hydrogen-bond donors (Lipinski definition) is 3. The Balaban J connectivity index is 2.07. The van der Waals surface area contributed by atoms with Gasteiger partial charge in [0.25, 0.3) is 0 Å². The summed E-state index contributed by atoms with van der Waals surface area (Å²) in [7, 11) is 0. The van der Waals surface area contributed by atoms with Crippen LogP contribution < -0.4 is 10.6 Å². The number of allylic oxidation sites excluding steroid dienone is 1. The van der Waals surface area contributed by atoms with Gasteiger partial charge in [0, 0.05) is 17.8 Å². The predicted molar refractivity (Wildman–Crippen MR) is 107 cm³/mol. The molecule has 136 valence electrons. The van der Waals surface area contributed by atoms with Crippen LogP contribution in [0.2, 0.25) is 0 Å². The Bertz CT molecular complexity index is 778. The number of carboxylic acids is 1. The molecule has 0 fully saturated rings. The van der Waals surface area contributed by atoms with Gasteiger partial charge in [0.05, 0.1) is 0 Å². The molecule has 0 aliphatic heterocycles. The van der Waals surface area contributed by atoms with Gasteiger partial charge in [-0.3, -0.25) is 0 Å². The van der Waals surface area contributed by atoms with Gasteiger partial charge in [-0.25, -0.2) is 4.79 Å². The second kappa shape index (κ2) is 8.90. The van der Waals surface area contributed by atoms with Crippen molar-refractivity contribution in [2.75, 3.05) is 6.54 Å².